The number of fused-ring (bicyclic) bond motifs is 2. The van der Waals surface area contributed by atoms with Crippen LogP contribution in [-0.4, -0.2) is 10.9 Å². The molecule has 0 N–H and O–H groups in total. The standard InChI is InChI=1S/2C17H15.2C12H10Si.2ClH.2Zr/c2*1-2-13-11-15-9-6-10-16(17(15)12-13)14-7-4-3-5-8-14;2*1-3-7-11(8-4-1)13-12-9-5-2-6-10-12;;;;/h2*3-12H,2H2,1H3;2*1-10H;2*1H;;/q2*-1;;;;;;/p-2. The van der Waals surface area contributed by atoms with Gasteiger partial charge in [-0.3, -0.25) is 0 Å². The Morgan fingerprint density at radius 3 is 0.875 bits per heavy atom. The summed E-state index contributed by atoms with van der Waals surface area (Å²) in [5, 5.41) is 11.5. The van der Waals surface area contributed by atoms with Gasteiger partial charge in [0.1, 0.15) is 0 Å². The van der Waals surface area contributed by atoms with Crippen LogP contribution in [0.3, 0.4) is 0 Å². The molecule has 0 saturated heterocycles. The number of benzene rings is 8. The Morgan fingerprint density at radius 2 is 0.609 bits per heavy atom. The minimum absolute atomic E-state index is 0. The molecule has 0 saturated carbocycles. The number of hydrogen-bond donors (Lipinski definition) is 0. The fourth-order valence-corrected chi connectivity index (χ4v) is 15.2. The Kier molecular flexibility index (Phi) is 21.1. The van der Waals surface area contributed by atoms with Gasteiger partial charge >= 0.3 is 200 Å². The Bertz CT molecular complexity index is 2650. The molecule has 0 heterocycles. The van der Waals surface area contributed by atoms with E-state index in [0.29, 0.717) is 0 Å². The van der Waals surface area contributed by atoms with E-state index in [1.165, 1.54) is 75.7 Å². The first kappa shape index (κ1) is 50.8. The van der Waals surface area contributed by atoms with E-state index in [1.54, 1.807) is 46.7 Å². The normalized spacial score (nSPS) is 10.0. The van der Waals surface area contributed by atoms with Crippen LogP contribution in [0.15, 0.2) is 243 Å². The summed E-state index contributed by atoms with van der Waals surface area (Å²) in [7, 11) is 0. The van der Waals surface area contributed by atoms with Crippen LogP contribution in [0.1, 0.15) is 25.0 Å². The summed E-state index contributed by atoms with van der Waals surface area (Å²) in [4.78, 5) is 0. The van der Waals surface area contributed by atoms with Crippen LogP contribution in [-0.2, 0) is 59.5 Å². The maximum atomic E-state index is 2.32. The topological polar surface area (TPSA) is 0 Å². The van der Waals surface area contributed by atoms with Crippen molar-refractivity contribution in [1.29, 1.82) is 0 Å². The summed E-state index contributed by atoms with van der Waals surface area (Å²) >= 11 is 3.29. The molecule has 0 aliphatic rings. The molecule has 0 aliphatic heterocycles. The first-order valence-electron chi connectivity index (χ1n) is 21.4. The van der Waals surface area contributed by atoms with E-state index in [9.17, 15) is 0 Å². The van der Waals surface area contributed by atoms with Gasteiger partial charge in [-0.1, -0.05) is 97.8 Å². The van der Waals surface area contributed by atoms with Gasteiger partial charge in [0.25, 0.3) is 0 Å². The molecule has 64 heavy (non-hydrogen) atoms. The molecule has 10 aromatic carbocycles. The molecule has 0 unspecified atom stereocenters. The maximum absolute atomic E-state index is 2.32. The van der Waals surface area contributed by atoms with Crippen LogP contribution in [0.5, 0.6) is 0 Å². The van der Waals surface area contributed by atoms with Gasteiger partial charge in [-0.2, -0.15) is 12.1 Å². The number of hydrogen-bond acceptors (Lipinski definition) is 0. The molecule has 0 aromatic heterocycles. The first-order chi connectivity index (χ1) is 30.5. The number of halogens is 2. The van der Waals surface area contributed by atoms with Crippen LogP contribution in [0.2, 0.25) is 0 Å². The molecular formula is C58H50Cl2Si2Zr2-4. The molecule has 0 spiro atoms. The zero-order valence-corrected chi connectivity index (χ0v) is 44.7. The third kappa shape index (κ3) is 13.9. The zero-order valence-electron chi connectivity index (χ0n) is 36.3. The van der Waals surface area contributed by atoms with Crippen molar-refractivity contribution in [2.75, 3.05) is 0 Å². The summed E-state index contributed by atoms with van der Waals surface area (Å²) < 4.78 is 0. The van der Waals surface area contributed by atoms with Crippen LogP contribution in [0.4, 0.5) is 0 Å². The molecule has 6 heteroatoms. The summed E-state index contributed by atoms with van der Waals surface area (Å²) in [5.74, 6) is 0. The monoisotopic (exact) mass is 1050 g/mol. The number of rotatable bonds is 8. The van der Waals surface area contributed by atoms with Crippen molar-refractivity contribution in [2.24, 2.45) is 0 Å². The van der Waals surface area contributed by atoms with Crippen molar-refractivity contribution >= 4 is 53.2 Å². The average Bonchev–Trinajstić information content (AvgIpc) is 4.01. The van der Waals surface area contributed by atoms with Gasteiger partial charge in [-0.15, -0.1) is 69.1 Å². The Morgan fingerprint density at radius 1 is 0.344 bits per heavy atom. The Balaban J connectivity index is 0.000000160. The third-order valence-corrected chi connectivity index (χ3v) is 23.0. The van der Waals surface area contributed by atoms with Crippen molar-refractivity contribution in [1.82, 2.24) is 0 Å². The molecule has 0 bridgehead atoms. The molecule has 316 valence electrons. The van der Waals surface area contributed by atoms with Gasteiger partial charge in [0.2, 0.25) is 0 Å². The summed E-state index contributed by atoms with van der Waals surface area (Å²) in [6, 6.07) is 86.9. The molecule has 0 radical (unpaired) electrons. The first-order valence-corrected chi connectivity index (χ1v) is 31.8. The second-order valence-electron chi connectivity index (χ2n) is 15.0. The molecular weight excluding hydrogens is 1010 g/mol. The molecule has 0 amide bonds. The van der Waals surface area contributed by atoms with Gasteiger partial charge < -0.3 is 24.8 Å². The molecule has 0 aliphatic carbocycles. The summed E-state index contributed by atoms with van der Waals surface area (Å²) in [6.07, 6.45) is 2.20. The van der Waals surface area contributed by atoms with E-state index in [-0.39, 0.29) is 24.8 Å². The van der Waals surface area contributed by atoms with E-state index in [4.69, 9.17) is 0 Å². The van der Waals surface area contributed by atoms with Crippen LogP contribution in [0, 0.1) is 0 Å². The van der Waals surface area contributed by atoms with Gasteiger partial charge in [0, 0.05) is 0 Å². The SMILES string of the molecule is CCc1cc2c(-c3ccccc3)cccc2[cH-]1.CCc1cc2c(-c3ccccc3)cccc2[cH-]1.[Cl-].[Cl-].[Zr]=[Si](c1ccccc1)c1ccccc1.[Zr]=[Si](c1ccccc1)c1ccccc1. The van der Waals surface area contributed by atoms with E-state index >= 15 is 0 Å². The van der Waals surface area contributed by atoms with Crippen LogP contribution < -0.4 is 45.6 Å². The van der Waals surface area contributed by atoms with E-state index in [0.717, 1.165) is 12.8 Å². The molecule has 0 nitrogen and oxygen atoms in total. The Hall–Kier alpha value is -4.24. The predicted molar refractivity (Wildman–Crippen MR) is 265 cm³/mol. The van der Waals surface area contributed by atoms with Gasteiger partial charge in [-0.05, 0) is 24.0 Å². The van der Waals surface area contributed by atoms with Crippen molar-refractivity contribution in [2.45, 2.75) is 26.7 Å². The van der Waals surface area contributed by atoms with E-state index in [2.05, 4.69) is 257 Å². The number of aryl methyl sites for hydroxylation is 2. The van der Waals surface area contributed by atoms with Crippen molar-refractivity contribution < 1.29 is 71.5 Å². The van der Waals surface area contributed by atoms with Crippen molar-refractivity contribution in [3.63, 3.8) is 0 Å². The molecule has 10 aromatic rings. The fourth-order valence-electron chi connectivity index (χ4n) is 7.49. The summed E-state index contributed by atoms with van der Waals surface area (Å²) in [6.45, 7) is 4.41. The fraction of sp³-hybridized carbons (Fsp3) is 0.0690. The predicted octanol–water partition coefficient (Wildman–Crippen LogP) is 6.26. The molecule has 0 atom stereocenters. The minimum atomic E-state index is -0.455. The second-order valence-corrected chi connectivity index (χ2v) is 26.2. The van der Waals surface area contributed by atoms with Crippen molar-refractivity contribution in [3.8, 4) is 22.3 Å². The van der Waals surface area contributed by atoms with Crippen molar-refractivity contribution in [3.05, 3.63) is 254 Å². The third-order valence-electron chi connectivity index (χ3n) is 10.9. The molecule has 0 fully saturated rings. The average molecular weight is 1060 g/mol. The van der Waals surface area contributed by atoms with Gasteiger partial charge in [0.15, 0.2) is 0 Å². The van der Waals surface area contributed by atoms with Crippen LogP contribution >= 0.6 is 0 Å². The van der Waals surface area contributed by atoms with E-state index < -0.39 is 10.9 Å². The van der Waals surface area contributed by atoms with Crippen LogP contribution in [0.25, 0.3) is 43.8 Å². The summed E-state index contributed by atoms with van der Waals surface area (Å²) in [5.41, 5.74) is 7.20. The van der Waals surface area contributed by atoms with Gasteiger partial charge in [-0.25, -0.2) is 0 Å². The quantitative estimate of drug-likeness (QED) is 0.125. The van der Waals surface area contributed by atoms with Gasteiger partial charge in [0.05, 0.1) is 0 Å². The molecule has 10 rings (SSSR count). The zero-order chi connectivity index (χ0) is 42.9. The second kappa shape index (κ2) is 26.7. The Labute approximate surface area is 423 Å². The van der Waals surface area contributed by atoms with E-state index in [1.807, 2.05) is 0 Å².